The van der Waals surface area contributed by atoms with Crippen molar-refractivity contribution in [1.29, 1.82) is 0 Å². The Morgan fingerprint density at radius 3 is 2.69 bits per heavy atom. The molecule has 1 fully saturated rings. The largest absolute Gasteiger partial charge is 0.458 e. The Balaban J connectivity index is 1.38. The van der Waals surface area contributed by atoms with Gasteiger partial charge in [0.05, 0.1) is 23.9 Å². The summed E-state index contributed by atoms with van der Waals surface area (Å²) in [4.78, 5) is 35.3. The molecule has 2 N–H and O–H groups in total. The maximum Gasteiger partial charge on any atom is 0.269 e. The normalized spacial score (nSPS) is 15.0. The molecule has 8 heteroatoms. The zero-order valence-corrected chi connectivity index (χ0v) is 16.7. The Hall–Kier alpha value is -3.13. The van der Waals surface area contributed by atoms with Gasteiger partial charge in [-0.05, 0) is 24.6 Å². The molecule has 0 radical (unpaired) electrons. The maximum atomic E-state index is 12.0. The molecule has 0 atom stereocenters. The van der Waals surface area contributed by atoms with Crippen LogP contribution < -0.4 is 15.8 Å². The maximum absolute atomic E-state index is 12.0. The van der Waals surface area contributed by atoms with Gasteiger partial charge in [0.1, 0.15) is 11.5 Å². The topological polar surface area (TPSA) is 94.5 Å². The molecule has 1 saturated heterocycles. The lowest BCUT2D eigenvalue weighted by Crippen LogP contribution is -2.46. The molecule has 0 aromatic carbocycles. The van der Waals surface area contributed by atoms with Crippen molar-refractivity contribution in [3.05, 3.63) is 57.8 Å². The van der Waals surface area contributed by atoms with E-state index in [9.17, 15) is 9.59 Å². The van der Waals surface area contributed by atoms with Crippen molar-refractivity contribution in [2.75, 3.05) is 38.1 Å². The Labute approximate surface area is 168 Å². The second-order valence-corrected chi connectivity index (χ2v) is 7.21. The van der Waals surface area contributed by atoms with Crippen LogP contribution in [0, 0.1) is 0 Å². The summed E-state index contributed by atoms with van der Waals surface area (Å²) >= 11 is 0. The number of aromatic amines is 1. The molecule has 152 valence electrons. The highest BCUT2D eigenvalue weighted by Crippen LogP contribution is 2.21. The molecule has 4 rings (SSSR count). The third-order valence-corrected chi connectivity index (χ3v) is 5.36. The van der Waals surface area contributed by atoms with E-state index in [1.165, 1.54) is 0 Å². The molecule has 29 heavy (non-hydrogen) atoms. The lowest BCUT2D eigenvalue weighted by atomic mass is 10.2. The molecule has 0 spiro atoms. The zero-order valence-electron chi connectivity index (χ0n) is 16.7. The van der Waals surface area contributed by atoms with Crippen molar-refractivity contribution in [3.63, 3.8) is 0 Å². The standard InChI is InChI=1S/C21H25N5O3/c1-3-14-10-19-18(24-20(14)27)11-16(29-19)13-25-6-8-26(9-7-25)15-4-5-17(23-12-15)21(28)22-2/h4-5,10-12H,3,6-9,13H2,1-2H3,(H,22,28)(H,24,27). The molecular weight excluding hydrogens is 370 g/mol. The molecule has 1 aliphatic heterocycles. The summed E-state index contributed by atoms with van der Waals surface area (Å²) in [5.41, 5.74) is 3.62. The molecule has 0 unspecified atom stereocenters. The molecule has 0 aliphatic carbocycles. The van der Waals surface area contributed by atoms with E-state index >= 15 is 0 Å². The Bertz CT molecular complexity index is 1060. The van der Waals surface area contributed by atoms with E-state index in [0.717, 1.165) is 54.3 Å². The van der Waals surface area contributed by atoms with Gasteiger partial charge in [-0.1, -0.05) is 6.92 Å². The highest BCUT2D eigenvalue weighted by Gasteiger charge is 2.19. The van der Waals surface area contributed by atoms with Gasteiger partial charge in [-0.2, -0.15) is 0 Å². The average Bonchev–Trinajstić information content (AvgIpc) is 3.14. The summed E-state index contributed by atoms with van der Waals surface area (Å²) in [5.74, 6) is 0.675. The van der Waals surface area contributed by atoms with Gasteiger partial charge in [0.25, 0.3) is 11.5 Å². The number of nitrogens with one attached hydrogen (secondary N) is 2. The minimum Gasteiger partial charge on any atom is -0.458 e. The number of nitrogens with zero attached hydrogens (tertiary/aromatic N) is 3. The van der Waals surface area contributed by atoms with Crippen LogP contribution in [-0.4, -0.2) is 54.0 Å². The molecule has 3 aromatic rings. The lowest BCUT2D eigenvalue weighted by molar-refractivity contribution is 0.0958. The number of amides is 1. The van der Waals surface area contributed by atoms with Gasteiger partial charge in [0.15, 0.2) is 5.58 Å². The summed E-state index contributed by atoms with van der Waals surface area (Å²) in [6.07, 6.45) is 2.43. The number of rotatable bonds is 5. The van der Waals surface area contributed by atoms with Crippen molar-refractivity contribution >= 4 is 22.7 Å². The Morgan fingerprint density at radius 2 is 2.03 bits per heavy atom. The smallest absolute Gasteiger partial charge is 0.269 e. The van der Waals surface area contributed by atoms with Crippen LogP contribution in [0.1, 0.15) is 28.7 Å². The fourth-order valence-electron chi connectivity index (χ4n) is 3.65. The number of anilines is 1. The van der Waals surface area contributed by atoms with Gasteiger partial charge in [-0.15, -0.1) is 0 Å². The first-order valence-corrected chi connectivity index (χ1v) is 9.87. The third kappa shape index (κ3) is 4.02. The summed E-state index contributed by atoms with van der Waals surface area (Å²) < 4.78 is 5.95. The van der Waals surface area contributed by atoms with Crippen molar-refractivity contribution in [2.45, 2.75) is 19.9 Å². The van der Waals surface area contributed by atoms with E-state index in [1.54, 1.807) is 19.3 Å². The number of H-pyrrole nitrogens is 1. The number of carbonyl (C=O) groups is 1. The third-order valence-electron chi connectivity index (χ3n) is 5.36. The van der Waals surface area contributed by atoms with Gasteiger partial charge in [0, 0.05) is 44.9 Å². The highest BCUT2D eigenvalue weighted by molar-refractivity contribution is 5.92. The highest BCUT2D eigenvalue weighted by atomic mass is 16.3. The molecule has 1 aliphatic rings. The van der Waals surface area contributed by atoms with Gasteiger partial charge in [-0.3, -0.25) is 14.5 Å². The zero-order chi connectivity index (χ0) is 20.4. The van der Waals surface area contributed by atoms with Crippen LogP contribution in [0.4, 0.5) is 5.69 Å². The SMILES string of the molecule is CCc1cc2oc(CN3CCN(c4ccc(C(=O)NC)nc4)CC3)cc2[nH]c1=O. The number of fused-ring (bicyclic) bond motifs is 1. The minimum absolute atomic E-state index is 0.0444. The van der Waals surface area contributed by atoms with E-state index in [0.29, 0.717) is 18.7 Å². The summed E-state index contributed by atoms with van der Waals surface area (Å²) in [6.45, 7) is 6.20. The molecule has 1 amide bonds. The van der Waals surface area contributed by atoms with E-state index in [2.05, 4.69) is 25.1 Å². The van der Waals surface area contributed by atoms with Crippen molar-refractivity contribution in [1.82, 2.24) is 20.2 Å². The minimum atomic E-state index is -0.181. The van der Waals surface area contributed by atoms with Crippen LogP contribution in [0.15, 0.2) is 39.7 Å². The number of pyridine rings is 2. The van der Waals surface area contributed by atoms with Crippen LogP contribution in [0.5, 0.6) is 0 Å². The van der Waals surface area contributed by atoms with E-state index in [1.807, 2.05) is 25.1 Å². The monoisotopic (exact) mass is 395 g/mol. The molecule has 0 saturated carbocycles. The van der Waals surface area contributed by atoms with Crippen LogP contribution >= 0.6 is 0 Å². The second-order valence-electron chi connectivity index (χ2n) is 7.21. The first-order chi connectivity index (χ1) is 14.1. The van der Waals surface area contributed by atoms with E-state index in [4.69, 9.17) is 4.42 Å². The van der Waals surface area contributed by atoms with Crippen LogP contribution in [0.2, 0.25) is 0 Å². The average molecular weight is 395 g/mol. The summed E-state index contributed by atoms with van der Waals surface area (Å²) in [5, 5.41) is 2.58. The van der Waals surface area contributed by atoms with Crippen LogP contribution in [0.3, 0.4) is 0 Å². The van der Waals surface area contributed by atoms with E-state index in [-0.39, 0.29) is 11.5 Å². The van der Waals surface area contributed by atoms with Gasteiger partial charge in [-0.25, -0.2) is 4.98 Å². The Kier molecular flexibility index (Phi) is 5.35. The summed E-state index contributed by atoms with van der Waals surface area (Å²) in [7, 11) is 1.60. The van der Waals surface area contributed by atoms with Gasteiger partial charge >= 0.3 is 0 Å². The number of aryl methyl sites for hydroxylation is 1. The van der Waals surface area contributed by atoms with Crippen LogP contribution in [-0.2, 0) is 13.0 Å². The molecular formula is C21H25N5O3. The first kappa shape index (κ1) is 19.2. The number of hydrogen-bond donors (Lipinski definition) is 2. The lowest BCUT2D eigenvalue weighted by Gasteiger charge is -2.35. The number of furan rings is 1. The second kappa shape index (κ2) is 8.08. The first-order valence-electron chi connectivity index (χ1n) is 9.87. The fraction of sp³-hybridized carbons (Fsp3) is 0.381. The number of aromatic nitrogens is 2. The van der Waals surface area contributed by atoms with Crippen molar-refractivity contribution < 1.29 is 9.21 Å². The number of carbonyl (C=O) groups excluding carboxylic acids is 1. The van der Waals surface area contributed by atoms with Crippen LogP contribution in [0.25, 0.3) is 11.1 Å². The van der Waals surface area contributed by atoms with Gasteiger partial charge < -0.3 is 19.6 Å². The van der Waals surface area contributed by atoms with E-state index < -0.39 is 0 Å². The van der Waals surface area contributed by atoms with Gasteiger partial charge in [0.2, 0.25) is 0 Å². The molecule has 3 aromatic heterocycles. The Morgan fingerprint density at radius 1 is 1.24 bits per heavy atom. The summed E-state index contributed by atoms with van der Waals surface area (Å²) in [6, 6.07) is 7.45. The van der Waals surface area contributed by atoms with Crippen molar-refractivity contribution in [2.24, 2.45) is 0 Å². The predicted molar refractivity (Wildman–Crippen MR) is 111 cm³/mol. The molecule has 4 heterocycles. The predicted octanol–water partition coefficient (Wildman–Crippen LogP) is 1.76. The number of piperazine rings is 1. The van der Waals surface area contributed by atoms with Crippen molar-refractivity contribution in [3.8, 4) is 0 Å². The number of hydrogen-bond acceptors (Lipinski definition) is 6. The quantitative estimate of drug-likeness (QED) is 0.684. The molecule has 0 bridgehead atoms. The fourth-order valence-corrected chi connectivity index (χ4v) is 3.65. The molecule has 8 nitrogen and oxygen atoms in total.